The van der Waals surface area contributed by atoms with E-state index in [9.17, 15) is 14.4 Å². The van der Waals surface area contributed by atoms with Crippen LogP contribution in [0, 0.1) is 18.3 Å². The summed E-state index contributed by atoms with van der Waals surface area (Å²) in [4.78, 5) is 42.0. The van der Waals surface area contributed by atoms with Gasteiger partial charge in [-0.25, -0.2) is 4.79 Å². The molecule has 0 aliphatic rings. The van der Waals surface area contributed by atoms with Gasteiger partial charge in [-0.3, -0.25) is 9.59 Å². The molecule has 2 N–H and O–H groups in total. The highest BCUT2D eigenvalue weighted by Gasteiger charge is 2.38. The van der Waals surface area contributed by atoms with E-state index in [1.54, 1.807) is 49.9 Å². The number of alkyl carbamates (subject to hydrolysis) is 1. The molecule has 0 bridgehead atoms. The fourth-order valence-corrected chi connectivity index (χ4v) is 3.66. The number of benzene rings is 1. The first kappa shape index (κ1) is 31.0. The number of ether oxygens (including phenoxy) is 1. The molecule has 0 spiro atoms. The third-order valence-electron chi connectivity index (χ3n) is 5.64. The van der Waals surface area contributed by atoms with Gasteiger partial charge in [-0.05, 0) is 71.6 Å². The lowest BCUT2D eigenvalue weighted by Crippen LogP contribution is -2.56. The van der Waals surface area contributed by atoms with Crippen LogP contribution in [0.4, 0.5) is 4.79 Å². The van der Waals surface area contributed by atoms with Crippen molar-refractivity contribution in [1.29, 1.82) is 0 Å². The van der Waals surface area contributed by atoms with Gasteiger partial charge in [-0.1, -0.05) is 51.7 Å². The van der Waals surface area contributed by atoms with Gasteiger partial charge >= 0.3 is 6.09 Å². The van der Waals surface area contributed by atoms with E-state index in [4.69, 9.17) is 11.2 Å². The Kier molecular flexibility index (Phi) is 11.5. The SMILES string of the molecule is C#Cc1ccc(C(C(=O)NC(C)(C)C)N(CCCC)C(=O)C(NC(=O)OC(C)(C)C)C(C)CC)cc1. The number of hydrogen-bond acceptors (Lipinski definition) is 4. The summed E-state index contributed by atoms with van der Waals surface area (Å²) in [5, 5.41) is 5.81. The highest BCUT2D eigenvalue weighted by Crippen LogP contribution is 2.26. The summed E-state index contributed by atoms with van der Waals surface area (Å²) in [6.45, 7) is 17.3. The number of hydrogen-bond donors (Lipinski definition) is 2. The number of amides is 3. The van der Waals surface area contributed by atoms with E-state index in [1.807, 2.05) is 41.5 Å². The van der Waals surface area contributed by atoms with Crippen molar-refractivity contribution in [3.8, 4) is 12.3 Å². The van der Waals surface area contributed by atoms with Crippen molar-refractivity contribution in [2.24, 2.45) is 5.92 Å². The highest BCUT2D eigenvalue weighted by molar-refractivity contribution is 5.92. The third-order valence-corrected chi connectivity index (χ3v) is 5.64. The molecule has 0 aliphatic carbocycles. The lowest BCUT2D eigenvalue weighted by molar-refractivity contribution is -0.144. The molecule has 0 saturated carbocycles. The molecule has 0 fully saturated rings. The number of terminal acetylenes is 1. The largest absolute Gasteiger partial charge is 0.444 e. The Morgan fingerprint density at radius 2 is 1.64 bits per heavy atom. The lowest BCUT2D eigenvalue weighted by Gasteiger charge is -2.37. The number of nitrogens with zero attached hydrogens (tertiary/aromatic N) is 1. The maximum absolute atomic E-state index is 14.1. The van der Waals surface area contributed by atoms with Crippen LogP contribution in [0.25, 0.3) is 0 Å². The second-order valence-electron chi connectivity index (χ2n) is 11.3. The van der Waals surface area contributed by atoms with Crippen molar-refractivity contribution in [2.75, 3.05) is 6.54 Å². The summed E-state index contributed by atoms with van der Waals surface area (Å²) >= 11 is 0. The van der Waals surface area contributed by atoms with Gasteiger partial charge in [0.05, 0.1) is 0 Å². The first-order valence-corrected chi connectivity index (χ1v) is 12.8. The molecule has 1 aromatic carbocycles. The molecule has 200 valence electrons. The van der Waals surface area contributed by atoms with Gasteiger partial charge < -0.3 is 20.3 Å². The molecule has 0 heterocycles. The van der Waals surface area contributed by atoms with Crippen LogP contribution in [0.3, 0.4) is 0 Å². The van der Waals surface area contributed by atoms with Crippen LogP contribution in [0.15, 0.2) is 24.3 Å². The van der Waals surface area contributed by atoms with Crippen molar-refractivity contribution >= 4 is 17.9 Å². The molecule has 1 rings (SSSR count). The molecule has 1 aromatic rings. The molecule has 3 amide bonds. The van der Waals surface area contributed by atoms with Gasteiger partial charge in [0.1, 0.15) is 17.7 Å². The number of carbonyl (C=O) groups excluding carboxylic acids is 3. The summed E-state index contributed by atoms with van der Waals surface area (Å²) in [6, 6.07) is 5.36. The third kappa shape index (κ3) is 9.93. The normalized spacial score (nSPS) is 14.1. The Hall–Kier alpha value is -3.01. The zero-order valence-electron chi connectivity index (χ0n) is 23.5. The molecular weight excluding hydrogens is 454 g/mol. The van der Waals surface area contributed by atoms with Gasteiger partial charge in [0.2, 0.25) is 11.8 Å². The molecule has 0 saturated heterocycles. The molecule has 3 unspecified atom stereocenters. The quantitative estimate of drug-likeness (QED) is 0.434. The van der Waals surface area contributed by atoms with Crippen LogP contribution >= 0.6 is 0 Å². The topological polar surface area (TPSA) is 87.7 Å². The van der Waals surface area contributed by atoms with Gasteiger partial charge in [0.15, 0.2) is 0 Å². The average molecular weight is 500 g/mol. The standard InChI is InChI=1S/C29H45N3O4/c1-11-14-19-32(26(34)23(20(4)12-2)30-27(35)36-29(8,9)10)24(25(33)31-28(5,6)7)22-17-15-21(13-3)16-18-22/h3,15-18,20,23-24H,11-12,14,19H2,1-2,4-10H3,(H,30,35)(H,31,33). The minimum Gasteiger partial charge on any atom is -0.444 e. The van der Waals surface area contributed by atoms with Gasteiger partial charge in [0.25, 0.3) is 0 Å². The molecule has 7 heteroatoms. The van der Waals surface area contributed by atoms with Crippen LogP contribution in [0.2, 0.25) is 0 Å². The molecule has 7 nitrogen and oxygen atoms in total. The van der Waals surface area contributed by atoms with Crippen molar-refractivity contribution in [1.82, 2.24) is 15.5 Å². The van der Waals surface area contributed by atoms with Crippen LogP contribution in [-0.4, -0.2) is 46.5 Å². The number of unbranched alkanes of at least 4 members (excludes halogenated alkanes) is 1. The summed E-state index contributed by atoms with van der Waals surface area (Å²) in [5.74, 6) is 1.80. The summed E-state index contributed by atoms with van der Waals surface area (Å²) < 4.78 is 5.44. The number of carbonyl (C=O) groups is 3. The van der Waals surface area contributed by atoms with E-state index in [0.29, 0.717) is 30.5 Å². The Labute approximate surface area is 217 Å². The molecular formula is C29H45N3O4. The van der Waals surface area contributed by atoms with E-state index in [1.165, 1.54) is 0 Å². The predicted octanol–water partition coefficient (Wildman–Crippen LogP) is 5.19. The Morgan fingerprint density at radius 3 is 2.08 bits per heavy atom. The monoisotopic (exact) mass is 499 g/mol. The Morgan fingerprint density at radius 1 is 1.06 bits per heavy atom. The van der Waals surface area contributed by atoms with Gasteiger partial charge in [-0.15, -0.1) is 6.42 Å². The molecule has 0 aromatic heterocycles. The van der Waals surface area contributed by atoms with Crippen LogP contribution in [0.5, 0.6) is 0 Å². The van der Waals surface area contributed by atoms with E-state index in [2.05, 4.69) is 16.6 Å². The van der Waals surface area contributed by atoms with Crippen molar-refractivity contribution in [2.45, 2.75) is 105 Å². The minimum absolute atomic E-state index is 0.177. The van der Waals surface area contributed by atoms with Crippen LogP contribution in [-0.2, 0) is 14.3 Å². The van der Waals surface area contributed by atoms with E-state index >= 15 is 0 Å². The van der Waals surface area contributed by atoms with Crippen LogP contribution < -0.4 is 10.6 Å². The Bertz CT molecular complexity index is 920. The first-order valence-electron chi connectivity index (χ1n) is 12.8. The zero-order chi connectivity index (χ0) is 27.7. The molecule has 36 heavy (non-hydrogen) atoms. The summed E-state index contributed by atoms with van der Waals surface area (Å²) in [5.41, 5.74) is 0.131. The average Bonchev–Trinajstić information content (AvgIpc) is 2.77. The molecule has 0 aliphatic heterocycles. The minimum atomic E-state index is -0.887. The van der Waals surface area contributed by atoms with E-state index < -0.39 is 29.3 Å². The summed E-state index contributed by atoms with van der Waals surface area (Å²) in [7, 11) is 0. The lowest BCUT2D eigenvalue weighted by atomic mass is 9.95. The zero-order valence-corrected chi connectivity index (χ0v) is 23.5. The van der Waals surface area contributed by atoms with E-state index in [0.717, 1.165) is 6.42 Å². The number of rotatable bonds is 10. The first-order chi connectivity index (χ1) is 16.6. The fourth-order valence-electron chi connectivity index (χ4n) is 3.66. The van der Waals surface area contributed by atoms with Crippen molar-refractivity contribution in [3.63, 3.8) is 0 Å². The van der Waals surface area contributed by atoms with Gasteiger partial charge in [0, 0.05) is 17.6 Å². The smallest absolute Gasteiger partial charge is 0.408 e. The highest BCUT2D eigenvalue weighted by atomic mass is 16.6. The fraction of sp³-hybridized carbons (Fsp3) is 0.621. The second kappa shape index (κ2) is 13.3. The maximum Gasteiger partial charge on any atom is 0.408 e. The molecule has 3 atom stereocenters. The van der Waals surface area contributed by atoms with E-state index in [-0.39, 0.29) is 17.7 Å². The predicted molar refractivity (Wildman–Crippen MR) is 144 cm³/mol. The number of nitrogens with one attached hydrogen (secondary N) is 2. The second-order valence-corrected chi connectivity index (χ2v) is 11.3. The van der Waals surface area contributed by atoms with Crippen molar-refractivity contribution < 1.29 is 19.1 Å². The van der Waals surface area contributed by atoms with Gasteiger partial charge in [-0.2, -0.15) is 0 Å². The Balaban J connectivity index is 3.55. The maximum atomic E-state index is 14.1. The van der Waals surface area contributed by atoms with Crippen molar-refractivity contribution in [3.05, 3.63) is 35.4 Å². The van der Waals surface area contributed by atoms with Crippen LogP contribution in [0.1, 0.15) is 98.7 Å². The molecule has 0 radical (unpaired) electrons. The summed E-state index contributed by atoms with van der Waals surface area (Å²) in [6.07, 6.45) is 7.06.